The molecule has 1 aromatic carbocycles. The average molecular weight is 292 g/mol. The van der Waals surface area contributed by atoms with Crippen molar-refractivity contribution in [1.82, 2.24) is 5.32 Å². The van der Waals surface area contributed by atoms with Gasteiger partial charge < -0.3 is 14.8 Å². The van der Waals surface area contributed by atoms with Gasteiger partial charge in [0.2, 0.25) is 0 Å². The molecule has 0 bridgehead atoms. The van der Waals surface area contributed by atoms with Crippen molar-refractivity contribution in [3.8, 4) is 5.75 Å². The molecule has 0 radical (unpaired) electrons. The molecule has 7 heteroatoms. The van der Waals surface area contributed by atoms with Crippen LogP contribution in [0.1, 0.15) is 12.5 Å². The van der Waals surface area contributed by atoms with E-state index < -0.39 is 5.54 Å². The Morgan fingerprint density at radius 1 is 1.38 bits per heavy atom. The van der Waals surface area contributed by atoms with E-state index in [-0.39, 0.29) is 12.5 Å². The summed E-state index contributed by atoms with van der Waals surface area (Å²) in [6, 6.07) is 7.48. The van der Waals surface area contributed by atoms with Crippen molar-refractivity contribution in [3.63, 3.8) is 0 Å². The predicted octanol–water partition coefficient (Wildman–Crippen LogP) is 2.07. The summed E-state index contributed by atoms with van der Waals surface area (Å²) in [6.45, 7) is 2.43. The highest BCUT2D eigenvalue weighted by Crippen LogP contribution is 2.18. The van der Waals surface area contributed by atoms with Crippen LogP contribution >= 0.6 is 0 Å². The van der Waals surface area contributed by atoms with Crippen molar-refractivity contribution in [2.45, 2.75) is 18.9 Å². The van der Waals surface area contributed by atoms with E-state index >= 15 is 0 Å². The maximum absolute atomic E-state index is 12.0. The van der Waals surface area contributed by atoms with Crippen LogP contribution in [-0.2, 0) is 16.0 Å². The van der Waals surface area contributed by atoms with E-state index in [9.17, 15) is 4.79 Å². The van der Waals surface area contributed by atoms with Crippen molar-refractivity contribution in [3.05, 3.63) is 40.3 Å². The van der Waals surface area contributed by atoms with Crippen LogP contribution in [0.4, 0.5) is 0 Å². The maximum atomic E-state index is 12.0. The zero-order valence-corrected chi connectivity index (χ0v) is 12.5. The molecule has 0 amide bonds. The number of esters is 1. The summed E-state index contributed by atoms with van der Waals surface area (Å²) < 4.78 is 9.97. The second-order valence-electron chi connectivity index (χ2n) is 4.73. The molecule has 0 aliphatic carbocycles. The monoisotopic (exact) mass is 292 g/mol. The predicted molar refractivity (Wildman–Crippen MR) is 79.1 cm³/mol. The lowest BCUT2D eigenvalue weighted by Gasteiger charge is -2.28. The summed E-state index contributed by atoms with van der Waals surface area (Å²) in [6.07, 6.45) is 0.458. The van der Waals surface area contributed by atoms with Gasteiger partial charge in [-0.05, 0) is 30.2 Å². The Morgan fingerprint density at radius 3 is 2.57 bits per heavy atom. The second-order valence-corrected chi connectivity index (χ2v) is 4.73. The van der Waals surface area contributed by atoms with Crippen LogP contribution in [0.5, 0.6) is 5.75 Å². The number of methoxy groups -OCH3 is 2. The first-order chi connectivity index (χ1) is 10.1. The van der Waals surface area contributed by atoms with Crippen LogP contribution in [0.25, 0.3) is 10.4 Å². The van der Waals surface area contributed by atoms with Gasteiger partial charge in [-0.1, -0.05) is 17.2 Å². The second kappa shape index (κ2) is 8.14. The number of benzene rings is 1. The molecule has 1 N–H and O–H groups in total. The Balaban J connectivity index is 2.80. The van der Waals surface area contributed by atoms with Gasteiger partial charge in [0.15, 0.2) is 0 Å². The molecule has 114 valence electrons. The topological polar surface area (TPSA) is 96.3 Å². The van der Waals surface area contributed by atoms with Gasteiger partial charge in [-0.2, -0.15) is 0 Å². The molecule has 1 unspecified atom stereocenters. The minimum atomic E-state index is -0.881. The van der Waals surface area contributed by atoms with Gasteiger partial charge in [0, 0.05) is 24.4 Å². The summed E-state index contributed by atoms with van der Waals surface area (Å²) in [4.78, 5) is 14.7. The molecule has 0 aliphatic heterocycles. The average Bonchev–Trinajstić information content (AvgIpc) is 2.51. The fourth-order valence-electron chi connectivity index (χ4n) is 2.01. The molecule has 1 atom stereocenters. The Hall–Kier alpha value is -2.24. The highest BCUT2D eigenvalue weighted by atomic mass is 16.5. The number of nitrogens with one attached hydrogen (secondary N) is 1. The molecule has 7 nitrogen and oxygen atoms in total. The molecular weight excluding hydrogens is 272 g/mol. The van der Waals surface area contributed by atoms with Gasteiger partial charge in [0.1, 0.15) is 11.3 Å². The third kappa shape index (κ3) is 4.98. The number of azide groups is 1. The standard InChI is InChI=1S/C14H20N4O3/c1-14(13(19)21-3,16-8-9-17-18-15)10-11-4-6-12(20-2)7-5-11/h4-7,16H,8-10H2,1-3H3. The minimum absolute atomic E-state index is 0.270. The van der Waals surface area contributed by atoms with Crippen LogP contribution in [0.2, 0.25) is 0 Å². The molecule has 1 rings (SSSR count). The molecule has 1 aromatic rings. The van der Waals surface area contributed by atoms with E-state index in [1.54, 1.807) is 14.0 Å². The Kier molecular flexibility index (Phi) is 6.52. The number of rotatable bonds is 8. The fraction of sp³-hybridized carbons (Fsp3) is 0.500. The summed E-state index contributed by atoms with van der Waals surface area (Å²) in [5.41, 5.74) is 8.35. The number of hydrogen-bond donors (Lipinski definition) is 1. The first kappa shape index (κ1) is 16.8. The maximum Gasteiger partial charge on any atom is 0.326 e. The van der Waals surface area contributed by atoms with Gasteiger partial charge >= 0.3 is 5.97 Å². The number of ether oxygens (including phenoxy) is 2. The molecule has 0 spiro atoms. The highest BCUT2D eigenvalue weighted by molar-refractivity contribution is 5.80. The lowest BCUT2D eigenvalue weighted by molar-refractivity contribution is -0.147. The van der Waals surface area contributed by atoms with Crippen molar-refractivity contribution in [2.75, 3.05) is 27.3 Å². The van der Waals surface area contributed by atoms with Gasteiger partial charge in [-0.15, -0.1) is 0 Å². The number of nitrogens with zero attached hydrogens (tertiary/aromatic N) is 3. The van der Waals surface area contributed by atoms with Crippen LogP contribution in [-0.4, -0.2) is 38.8 Å². The smallest absolute Gasteiger partial charge is 0.326 e. The van der Waals surface area contributed by atoms with Gasteiger partial charge in [-0.3, -0.25) is 4.79 Å². The van der Waals surface area contributed by atoms with Crippen LogP contribution < -0.4 is 10.1 Å². The number of hydrogen-bond acceptors (Lipinski definition) is 5. The molecule has 0 saturated carbocycles. The van der Waals surface area contributed by atoms with Gasteiger partial charge in [-0.25, -0.2) is 0 Å². The zero-order valence-electron chi connectivity index (χ0n) is 12.5. The zero-order chi connectivity index (χ0) is 15.7. The normalized spacial score (nSPS) is 12.9. The minimum Gasteiger partial charge on any atom is -0.497 e. The van der Waals surface area contributed by atoms with Crippen LogP contribution in [0, 0.1) is 0 Å². The molecule has 0 saturated heterocycles. The Labute approximate surface area is 123 Å². The quantitative estimate of drug-likeness (QED) is 0.261. The van der Waals surface area contributed by atoms with E-state index in [4.69, 9.17) is 15.0 Å². The summed E-state index contributed by atoms with van der Waals surface area (Å²) in [5.74, 6) is 0.397. The molecule has 0 aliphatic rings. The lowest BCUT2D eigenvalue weighted by Crippen LogP contribution is -2.52. The summed E-state index contributed by atoms with van der Waals surface area (Å²) in [5, 5.41) is 6.53. The number of carbonyl (C=O) groups is 1. The van der Waals surface area contributed by atoms with Gasteiger partial charge in [0.05, 0.1) is 14.2 Å². The summed E-state index contributed by atoms with van der Waals surface area (Å²) in [7, 11) is 2.95. The molecule has 21 heavy (non-hydrogen) atoms. The summed E-state index contributed by atoms with van der Waals surface area (Å²) >= 11 is 0. The van der Waals surface area contributed by atoms with E-state index in [1.165, 1.54) is 7.11 Å². The number of carbonyl (C=O) groups excluding carboxylic acids is 1. The van der Waals surface area contributed by atoms with Crippen LogP contribution in [0.3, 0.4) is 0 Å². The SMILES string of the molecule is COC(=O)C(C)(Cc1ccc(OC)cc1)NCCN=[N+]=[N-]. The molecular formula is C14H20N4O3. The van der Waals surface area contributed by atoms with Crippen LogP contribution in [0.15, 0.2) is 29.4 Å². The third-order valence-electron chi connectivity index (χ3n) is 3.14. The lowest BCUT2D eigenvalue weighted by atomic mass is 9.92. The first-order valence-corrected chi connectivity index (χ1v) is 6.53. The van der Waals surface area contributed by atoms with Crippen molar-refractivity contribution < 1.29 is 14.3 Å². The Bertz CT molecular complexity index is 511. The van der Waals surface area contributed by atoms with Crippen molar-refractivity contribution >= 4 is 5.97 Å². The van der Waals surface area contributed by atoms with Crippen molar-refractivity contribution in [1.29, 1.82) is 0 Å². The molecule has 0 fully saturated rings. The Morgan fingerprint density at radius 2 is 2.05 bits per heavy atom. The highest BCUT2D eigenvalue weighted by Gasteiger charge is 2.33. The van der Waals surface area contributed by atoms with E-state index in [0.29, 0.717) is 13.0 Å². The molecule has 0 aromatic heterocycles. The van der Waals surface area contributed by atoms with Crippen molar-refractivity contribution in [2.24, 2.45) is 5.11 Å². The largest absolute Gasteiger partial charge is 0.497 e. The van der Waals surface area contributed by atoms with E-state index in [2.05, 4.69) is 15.3 Å². The molecule has 0 heterocycles. The first-order valence-electron chi connectivity index (χ1n) is 6.53. The third-order valence-corrected chi connectivity index (χ3v) is 3.14. The van der Waals surface area contributed by atoms with Gasteiger partial charge in [0.25, 0.3) is 0 Å². The van der Waals surface area contributed by atoms with E-state index in [0.717, 1.165) is 11.3 Å². The van der Waals surface area contributed by atoms with E-state index in [1.807, 2.05) is 24.3 Å². The fourth-order valence-corrected chi connectivity index (χ4v) is 2.01.